The zero-order valence-electron chi connectivity index (χ0n) is 16.7. The van der Waals surface area contributed by atoms with E-state index < -0.39 is 6.10 Å². The number of nitrogens with zero attached hydrogens (tertiary/aromatic N) is 2. The highest BCUT2D eigenvalue weighted by Gasteiger charge is 2.38. The van der Waals surface area contributed by atoms with Crippen molar-refractivity contribution < 1.29 is 18.7 Å². The number of para-hydroxylation sites is 1. The summed E-state index contributed by atoms with van der Waals surface area (Å²) in [5.41, 5.74) is 2.05. The highest BCUT2D eigenvalue weighted by atomic mass is 19.1. The molecule has 2 aromatic rings. The van der Waals surface area contributed by atoms with Crippen molar-refractivity contribution in [2.45, 2.75) is 39.7 Å². The van der Waals surface area contributed by atoms with E-state index in [1.165, 1.54) is 6.07 Å². The minimum absolute atomic E-state index is 0.0532. The topological polar surface area (TPSA) is 56.9 Å². The summed E-state index contributed by atoms with van der Waals surface area (Å²) >= 11 is 0. The van der Waals surface area contributed by atoms with Crippen LogP contribution in [0.3, 0.4) is 0 Å². The fourth-order valence-electron chi connectivity index (χ4n) is 4.49. The largest absolute Gasteiger partial charge is 0.455 e. The monoisotopic (exact) mass is 386 g/mol. The van der Waals surface area contributed by atoms with Gasteiger partial charge in [0.15, 0.2) is 5.76 Å². The Morgan fingerprint density at radius 1 is 1.21 bits per heavy atom. The third-order valence-electron chi connectivity index (χ3n) is 5.94. The summed E-state index contributed by atoms with van der Waals surface area (Å²) in [5.74, 6) is 0.675. The van der Waals surface area contributed by atoms with E-state index in [2.05, 4.69) is 13.8 Å². The highest BCUT2D eigenvalue weighted by Crippen LogP contribution is 2.44. The van der Waals surface area contributed by atoms with Crippen molar-refractivity contribution in [2.24, 2.45) is 5.41 Å². The summed E-state index contributed by atoms with van der Waals surface area (Å²) in [5, 5.41) is 10.5. The number of aliphatic hydroxyl groups excluding tert-OH is 1. The number of hydrogen-bond acceptors (Lipinski definition) is 4. The fraction of sp³-hybridized carbons (Fsp3) is 0.500. The molecule has 1 fully saturated rings. The first-order valence-electron chi connectivity index (χ1n) is 9.86. The van der Waals surface area contributed by atoms with Gasteiger partial charge in [0.05, 0.1) is 11.8 Å². The second-order valence-corrected chi connectivity index (χ2v) is 8.68. The van der Waals surface area contributed by atoms with Crippen LogP contribution in [-0.2, 0) is 6.42 Å². The molecule has 4 rings (SSSR count). The van der Waals surface area contributed by atoms with Gasteiger partial charge >= 0.3 is 0 Å². The molecule has 1 aliphatic heterocycles. The summed E-state index contributed by atoms with van der Waals surface area (Å²) in [6, 6.07) is 6.71. The molecule has 150 valence electrons. The van der Waals surface area contributed by atoms with Gasteiger partial charge in [-0.1, -0.05) is 26.0 Å². The van der Waals surface area contributed by atoms with Crippen LogP contribution >= 0.6 is 0 Å². The first kappa shape index (κ1) is 19.0. The Hall–Kier alpha value is -2.34. The number of aliphatic hydroxyl groups is 1. The first-order valence-corrected chi connectivity index (χ1v) is 9.86. The zero-order valence-corrected chi connectivity index (χ0v) is 16.7. The van der Waals surface area contributed by atoms with Crippen molar-refractivity contribution in [2.75, 3.05) is 31.1 Å². The molecule has 0 saturated carbocycles. The summed E-state index contributed by atoms with van der Waals surface area (Å²) in [7, 11) is 0. The molecule has 0 radical (unpaired) electrons. The van der Waals surface area contributed by atoms with Crippen molar-refractivity contribution in [1.82, 2.24) is 4.90 Å². The van der Waals surface area contributed by atoms with E-state index in [-0.39, 0.29) is 17.1 Å². The predicted octanol–water partition coefficient (Wildman–Crippen LogP) is 3.70. The molecule has 1 saturated heterocycles. The van der Waals surface area contributed by atoms with Gasteiger partial charge in [-0.3, -0.25) is 4.79 Å². The fourth-order valence-corrected chi connectivity index (χ4v) is 4.49. The average molecular weight is 386 g/mol. The van der Waals surface area contributed by atoms with Crippen LogP contribution in [0.5, 0.6) is 0 Å². The molecular weight excluding hydrogens is 359 g/mol. The van der Waals surface area contributed by atoms with Gasteiger partial charge in [0, 0.05) is 43.7 Å². The van der Waals surface area contributed by atoms with E-state index in [0.717, 1.165) is 16.9 Å². The molecule has 0 bridgehead atoms. The number of furan rings is 1. The SMILES string of the molecule is Cc1c(C(=O)N2CCN(c3ccccc3F)CC2)oc2c1C(O)CC(C)(C)C2. The second-order valence-electron chi connectivity index (χ2n) is 8.68. The van der Waals surface area contributed by atoms with E-state index in [0.29, 0.717) is 50.5 Å². The Labute approximate surface area is 164 Å². The summed E-state index contributed by atoms with van der Waals surface area (Å²) in [6.07, 6.45) is 0.783. The van der Waals surface area contributed by atoms with Gasteiger partial charge in [0.2, 0.25) is 0 Å². The Morgan fingerprint density at radius 2 is 1.89 bits per heavy atom. The lowest BCUT2D eigenvalue weighted by atomic mass is 9.75. The van der Waals surface area contributed by atoms with Crippen molar-refractivity contribution in [3.63, 3.8) is 0 Å². The molecule has 6 heteroatoms. The molecule has 1 N–H and O–H groups in total. The van der Waals surface area contributed by atoms with Crippen LogP contribution in [0.2, 0.25) is 0 Å². The maximum absolute atomic E-state index is 14.0. The number of carbonyl (C=O) groups is 1. The van der Waals surface area contributed by atoms with Gasteiger partial charge < -0.3 is 19.3 Å². The second kappa shape index (κ2) is 6.92. The molecule has 1 aromatic carbocycles. The molecule has 28 heavy (non-hydrogen) atoms. The number of hydrogen-bond donors (Lipinski definition) is 1. The van der Waals surface area contributed by atoms with Crippen molar-refractivity contribution >= 4 is 11.6 Å². The third kappa shape index (κ3) is 3.30. The lowest BCUT2D eigenvalue weighted by molar-refractivity contribution is 0.0703. The minimum atomic E-state index is -0.595. The number of amides is 1. The number of carbonyl (C=O) groups excluding carboxylic acids is 1. The summed E-state index contributed by atoms with van der Waals surface area (Å²) in [4.78, 5) is 16.8. The molecule has 1 unspecified atom stereocenters. The smallest absolute Gasteiger partial charge is 0.289 e. The number of piperazine rings is 1. The van der Waals surface area contributed by atoms with Crippen LogP contribution in [-0.4, -0.2) is 42.1 Å². The minimum Gasteiger partial charge on any atom is -0.455 e. The number of fused-ring (bicyclic) bond motifs is 1. The van der Waals surface area contributed by atoms with E-state index in [1.807, 2.05) is 17.9 Å². The van der Waals surface area contributed by atoms with Crippen LogP contribution in [0.15, 0.2) is 28.7 Å². The van der Waals surface area contributed by atoms with Crippen LogP contribution in [0.1, 0.15) is 53.8 Å². The molecule has 2 aliphatic rings. The Balaban J connectivity index is 1.50. The molecule has 0 spiro atoms. The maximum Gasteiger partial charge on any atom is 0.289 e. The Morgan fingerprint density at radius 3 is 2.57 bits per heavy atom. The first-order chi connectivity index (χ1) is 13.3. The summed E-state index contributed by atoms with van der Waals surface area (Å²) < 4.78 is 20.0. The Kier molecular flexibility index (Phi) is 4.70. The van der Waals surface area contributed by atoms with Gasteiger partial charge in [-0.05, 0) is 30.9 Å². The van der Waals surface area contributed by atoms with Gasteiger partial charge in [0.25, 0.3) is 5.91 Å². The van der Waals surface area contributed by atoms with Gasteiger partial charge in [0.1, 0.15) is 11.6 Å². The van der Waals surface area contributed by atoms with Crippen LogP contribution in [0.25, 0.3) is 0 Å². The standard InChI is InChI=1S/C22H27FN2O3/c1-14-19-17(26)12-22(2,3)13-18(19)28-20(14)21(27)25-10-8-24(9-11-25)16-7-5-4-6-15(16)23/h4-7,17,26H,8-13H2,1-3H3. The highest BCUT2D eigenvalue weighted by molar-refractivity contribution is 5.93. The number of halogens is 1. The van der Waals surface area contributed by atoms with E-state index in [4.69, 9.17) is 4.42 Å². The molecule has 2 heterocycles. The predicted molar refractivity (Wildman–Crippen MR) is 105 cm³/mol. The quantitative estimate of drug-likeness (QED) is 0.855. The van der Waals surface area contributed by atoms with Crippen molar-refractivity contribution in [1.29, 1.82) is 0 Å². The van der Waals surface area contributed by atoms with Crippen LogP contribution in [0.4, 0.5) is 10.1 Å². The molecular formula is C22H27FN2O3. The molecule has 1 amide bonds. The van der Waals surface area contributed by atoms with Gasteiger partial charge in [-0.2, -0.15) is 0 Å². The van der Waals surface area contributed by atoms with Crippen molar-refractivity contribution in [3.8, 4) is 0 Å². The van der Waals surface area contributed by atoms with Crippen molar-refractivity contribution in [3.05, 3.63) is 52.7 Å². The van der Waals surface area contributed by atoms with Crippen LogP contribution < -0.4 is 4.90 Å². The number of benzene rings is 1. The van der Waals surface area contributed by atoms with E-state index in [9.17, 15) is 14.3 Å². The molecule has 1 atom stereocenters. The number of rotatable bonds is 2. The average Bonchev–Trinajstić information content (AvgIpc) is 2.97. The molecule has 5 nitrogen and oxygen atoms in total. The lowest BCUT2D eigenvalue weighted by Gasteiger charge is -2.35. The van der Waals surface area contributed by atoms with Gasteiger partial charge in [-0.15, -0.1) is 0 Å². The van der Waals surface area contributed by atoms with E-state index in [1.54, 1.807) is 17.0 Å². The van der Waals surface area contributed by atoms with Gasteiger partial charge in [-0.25, -0.2) is 4.39 Å². The van der Waals surface area contributed by atoms with Crippen LogP contribution in [0, 0.1) is 18.2 Å². The third-order valence-corrected chi connectivity index (χ3v) is 5.94. The normalized spacial score (nSPS) is 21.5. The molecule has 1 aromatic heterocycles. The summed E-state index contributed by atoms with van der Waals surface area (Å²) in [6.45, 7) is 8.20. The zero-order chi connectivity index (χ0) is 20.1. The number of anilines is 1. The Bertz CT molecular complexity index is 897. The maximum atomic E-state index is 14.0. The lowest BCUT2D eigenvalue weighted by Crippen LogP contribution is -2.49. The van der Waals surface area contributed by atoms with E-state index >= 15 is 0 Å². The molecule has 1 aliphatic carbocycles.